The number of carbonyl (C=O) groups excluding carboxylic acids is 3. The number of amides is 2. The summed E-state index contributed by atoms with van der Waals surface area (Å²) in [5.74, 6) is -2.56. The van der Waals surface area contributed by atoms with Crippen molar-refractivity contribution < 1.29 is 18.8 Å². The number of imidazole rings is 1. The van der Waals surface area contributed by atoms with Crippen LogP contribution >= 0.6 is 0 Å². The largest absolute Gasteiger partial charge is 0.464 e. The second kappa shape index (κ2) is 8.04. The standard InChI is InChI=1S/C22H18N4O4/c23-21(28)20(27)17(10-14-12-30-19-9-5-4-8-16(14)19)25-22(29)18-11-24-13-26(18)15-6-2-1-3-7-15/h1-9,11-13,17H,10H2,(H2,23,28)(H,25,29). The number of nitrogens with one attached hydrogen (secondary N) is 1. The highest BCUT2D eigenvalue weighted by molar-refractivity contribution is 6.38. The summed E-state index contributed by atoms with van der Waals surface area (Å²) in [7, 11) is 0. The molecule has 30 heavy (non-hydrogen) atoms. The van der Waals surface area contributed by atoms with Crippen molar-refractivity contribution in [3.05, 3.63) is 84.6 Å². The number of nitrogens with two attached hydrogens (primary N) is 1. The molecule has 4 aromatic rings. The van der Waals surface area contributed by atoms with Crippen LogP contribution in [0.2, 0.25) is 0 Å². The monoisotopic (exact) mass is 402 g/mol. The number of primary amides is 1. The molecule has 150 valence electrons. The highest BCUT2D eigenvalue weighted by Crippen LogP contribution is 2.22. The maximum atomic E-state index is 12.9. The third kappa shape index (κ3) is 3.70. The van der Waals surface area contributed by atoms with E-state index in [0.29, 0.717) is 11.1 Å². The second-order valence-electron chi connectivity index (χ2n) is 6.70. The first-order chi connectivity index (χ1) is 14.5. The molecule has 0 spiro atoms. The van der Waals surface area contributed by atoms with Gasteiger partial charge in [0.1, 0.15) is 17.3 Å². The van der Waals surface area contributed by atoms with Crippen LogP contribution in [-0.2, 0) is 16.0 Å². The van der Waals surface area contributed by atoms with E-state index < -0.39 is 23.6 Å². The minimum absolute atomic E-state index is 0.0595. The number of aromatic nitrogens is 2. The first-order valence-electron chi connectivity index (χ1n) is 9.22. The minimum atomic E-state index is -1.14. The molecule has 0 saturated heterocycles. The molecule has 2 aromatic carbocycles. The fourth-order valence-corrected chi connectivity index (χ4v) is 3.28. The highest BCUT2D eigenvalue weighted by Gasteiger charge is 2.28. The van der Waals surface area contributed by atoms with Gasteiger partial charge in [0, 0.05) is 23.1 Å². The summed E-state index contributed by atoms with van der Waals surface area (Å²) in [4.78, 5) is 41.0. The Bertz CT molecular complexity index is 1230. The Labute approximate surface area is 171 Å². The van der Waals surface area contributed by atoms with E-state index in [-0.39, 0.29) is 12.1 Å². The fraction of sp³-hybridized carbons (Fsp3) is 0.0909. The van der Waals surface area contributed by atoms with Crippen LogP contribution in [0.5, 0.6) is 0 Å². The average molecular weight is 402 g/mol. The van der Waals surface area contributed by atoms with Gasteiger partial charge in [-0.25, -0.2) is 4.98 Å². The lowest BCUT2D eigenvalue weighted by atomic mass is 10.0. The molecule has 0 aliphatic heterocycles. The minimum Gasteiger partial charge on any atom is -0.464 e. The smallest absolute Gasteiger partial charge is 0.287 e. The lowest BCUT2D eigenvalue weighted by Gasteiger charge is -2.16. The van der Waals surface area contributed by atoms with Gasteiger partial charge in [-0.3, -0.25) is 19.0 Å². The van der Waals surface area contributed by atoms with E-state index in [2.05, 4.69) is 10.3 Å². The number of ketones is 1. The maximum Gasteiger partial charge on any atom is 0.287 e. The average Bonchev–Trinajstić information content (AvgIpc) is 3.41. The maximum absolute atomic E-state index is 12.9. The first-order valence-corrected chi connectivity index (χ1v) is 9.22. The van der Waals surface area contributed by atoms with Crippen LogP contribution < -0.4 is 11.1 Å². The molecule has 1 atom stereocenters. The molecule has 0 aliphatic rings. The molecule has 8 nitrogen and oxygen atoms in total. The molecule has 0 aliphatic carbocycles. The van der Waals surface area contributed by atoms with Crippen LogP contribution in [0.1, 0.15) is 16.1 Å². The molecular weight excluding hydrogens is 384 g/mol. The SMILES string of the molecule is NC(=O)C(=O)C(Cc1coc2ccccc12)NC(=O)c1cncn1-c1ccccc1. The van der Waals surface area contributed by atoms with Gasteiger partial charge in [0.2, 0.25) is 5.78 Å². The number of fused-ring (bicyclic) bond motifs is 1. The molecule has 1 unspecified atom stereocenters. The number of nitrogens with zero attached hydrogens (tertiary/aromatic N) is 2. The normalized spacial score (nSPS) is 11.9. The molecule has 3 N–H and O–H groups in total. The molecule has 4 rings (SSSR count). The van der Waals surface area contributed by atoms with Crippen LogP contribution in [-0.4, -0.2) is 33.2 Å². The number of hydrogen-bond acceptors (Lipinski definition) is 5. The Morgan fingerprint density at radius 3 is 2.57 bits per heavy atom. The zero-order valence-corrected chi connectivity index (χ0v) is 15.8. The van der Waals surface area contributed by atoms with Gasteiger partial charge in [0.05, 0.1) is 18.8 Å². The predicted molar refractivity (Wildman–Crippen MR) is 109 cm³/mol. The van der Waals surface area contributed by atoms with Crippen LogP contribution in [0.3, 0.4) is 0 Å². The van der Waals surface area contributed by atoms with Crippen molar-refractivity contribution in [2.24, 2.45) is 5.73 Å². The van der Waals surface area contributed by atoms with Gasteiger partial charge >= 0.3 is 0 Å². The number of para-hydroxylation sites is 2. The Hall–Kier alpha value is -4.20. The van der Waals surface area contributed by atoms with Crippen molar-refractivity contribution >= 4 is 28.6 Å². The summed E-state index contributed by atoms with van der Waals surface area (Å²) in [5.41, 5.74) is 7.50. The summed E-state index contributed by atoms with van der Waals surface area (Å²) in [6.07, 6.45) is 4.45. The topological polar surface area (TPSA) is 120 Å². The predicted octanol–water partition coefficient (Wildman–Crippen LogP) is 2.01. The van der Waals surface area contributed by atoms with Crippen molar-refractivity contribution in [1.29, 1.82) is 0 Å². The molecule has 2 heterocycles. The second-order valence-corrected chi connectivity index (χ2v) is 6.70. The van der Waals surface area contributed by atoms with E-state index in [9.17, 15) is 14.4 Å². The van der Waals surface area contributed by atoms with Gasteiger partial charge < -0.3 is 15.5 Å². The summed E-state index contributed by atoms with van der Waals surface area (Å²) in [6.45, 7) is 0. The van der Waals surface area contributed by atoms with Crippen LogP contribution in [0, 0.1) is 0 Å². The van der Waals surface area contributed by atoms with Gasteiger partial charge in [-0.2, -0.15) is 0 Å². The first kappa shape index (κ1) is 19.1. The van der Waals surface area contributed by atoms with Crippen molar-refractivity contribution in [2.45, 2.75) is 12.5 Å². The van der Waals surface area contributed by atoms with Crippen molar-refractivity contribution in [3.8, 4) is 5.69 Å². The van der Waals surface area contributed by atoms with Crippen LogP contribution in [0.15, 0.2) is 77.8 Å². The zero-order chi connectivity index (χ0) is 21.1. The summed E-state index contributed by atoms with van der Waals surface area (Å²) < 4.78 is 7.08. The van der Waals surface area contributed by atoms with Gasteiger partial charge in [-0.1, -0.05) is 36.4 Å². The summed E-state index contributed by atoms with van der Waals surface area (Å²) in [6, 6.07) is 15.3. The molecule has 2 amide bonds. The van der Waals surface area contributed by atoms with Crippen molar-refractivity contribution in [1.82, 2.24) is 14.9 Å². The number of Topliss-reactive ketones (excluding diaryl/α,β-unsaturated/α-hetero) is 1. The Kier molecular flexibility index (Phi) is 5.13. The molecule has 0 radical (unpaired) electrons. The summed E-state index contributed by atoms with van der Waals surface area (Å²) in [5, 5.41) is 3.42. The van der Waals surface area contributed by atoms with Gasteiger partial charge in [-0.15, -0.1) is 0 Å². The molecule has 8 heteroatoms. The van der Waals surface area contributed by atoms with E-state index in [1.165, 1.54) is 18.8 Å². The van der Waals surface area contributed by atoms with E-state index in [4.69, 9.17) is 10.2 Å². The van der Waals surface area contributed by atoms with Crippen molar-refractivity contribution in [2.75, 3.05) is 0 Å². The number of benzene rings is 2. The van der Waals surface area contributed by atoms with Gasteiger partial charge in [-0.05, 0) is 18.2 Å². The summed E-state index contributed by atoms with van der Waals surface area (Å²) >= 11 is 0. The zero-order valence-electron chi connectivity index (χ0n) is 15.8. The third-order valence-electron chi connectivity index (χ3n) is 4.76. The molecule has 0 bridgehead atoms. The Morgan fingerprint density at radius 2 is 1.80 bits per heavy atom. The van der Waals surface area contributed by atoms with E-state index >= 15 is 0 Å². The lowest BCUT2D eigenvalue weighted by molar-refractivity contribution is -0.137. The highest BCUT2D eigenvalue weighted by atomic mass is 16.3. The molecular formula is C22H18N4O4. The number of furan rings is 1. The van der Waals surface area contributed by atoms with Gasteiger partial charge in [0.15, 0.2) is 0 Å². The number of carbonyl (C=O) groups is 3. The lowest BCUT2D eigenvalue weighted by Crippen LogP contribution is -2.47. The third-order valence-corrected chi connectivity index (χ3v) is 4.76. The Balaban J connectivity index is 1.62. The number of hydrogen-bond donors (Lipinski definition) is 2. The number of rotatable bonds is 7. The molecule has 2 aromatic heterocycles. The molecule has 0 fully saturated rings. The van der Waals surface area contributed by atoms with Crippen LogP contribution in [0.4, 0.5) is 0 Å². The Morgan fingerprint density at radius 1 is 1.07 bits per heavy atom. The molecule has 0 saturated carbocycles. The van der Waals surface area contributed by atoms with E-state index in [0.717, 1.165) is 11.1 Å². The fourth-order valence-electron chi connectivity index (χ4n) is 3.28. The van der Waals surface area contributed by atoms with Gasteiger partial charge in [0.25, 0.3) is 11.8 Å². The quantitative estimate of drug-likeness (QED) is 0.458. The van der Waals surface area contributed by atoms with Crippen LogP contribution in [0.25, 0.3) is 16.7 Å². The van der Waals surface area contributed by atoms with Crippen molar-refractivity contribution in [3.63, 3.8) is 0 Å². The van der Waals surface area contributed by atoms with E-state index in [1.54, 1.807) is 10.6 Å². The van der Waals surface area contributed by atoms with E-state index in [1.807, 2.05) is 48.5 Å².